The van der Waals surface area contributed by atoms with Crippen molar-refractivity contribution in [1.29, 1.82) is 0 Å². The van der Waals surface area contributed by atoms with Crippen LogP contribution in [0.4, 0.5) is 0 Å². The molecule has 0 atom stereocenters. The topological polar surface area (TPSA) is 52.6 Å². The van der Waals surface area contributed by atoms with Gasteiger partial charge in [-0.25, -0.2) is 0 Å². The molecule has 0 aromatic heterocycles. The Morgan fingerprint density at radius 1 is 0.952 bits per heavy atom. The van der Waals surface area contributed by atoms with Crippen molar-refractivity contribution in [3.05, 3.63) is 29.3 Å². The average Bonchev–Trinajstić information content (AvgIpc) is 2.37. The van der Waals surface area contributed by atoms with Gasteiger partial charge in [0.05, 0.1) is 6.61 Å². The molecule has 4 nitrogen and oxygen atoms in total. The largest absolute Gasteiger partial charge is 0.466 e. The Bertz CT molecular complexity index is 459. The van der Waals surface area contributed by atoms with E-state index in [1.807, 2.05) is 39.0 Å². The normalized spacial score (nSPS) is 10.2. The van der Waals surface area contributed by atoms with Gasteiger partial charge in [-0.2, -0.15) is 0 Å². The van der Waals surface area contributed by atoms with Crippen LogP contribution in [0.25, 0.3) is 0 Å². The van der Waals surface area contributed by atoms with Gasteiger partial charge in [-0.3, -0.25) is 9.59 Å². The average molecular weight is 292 g/mol. The monoisotopic (exact) mass is 292 g/mol. The van der Waals surface area contributed by atoms with Gasteiger partial charge < -0.3 is 9.47 Å². The molecule has 0 radical (unpaired) electrons. The quantitative estimate of drug-likeness (QED) is 0.416. The molecule has 1 aromatic carbocycles. The van der Waals surface area contributed by atoms with Crippen molar-refractivity contribution in [2.45, 2.75) is 52.9 Å². The summed E-state index contributed by atoms with van der Waals surface area (Å²) in [5, 5.41) is 0. The van der Waals surface area contributed by atoms with Crippen molar-refractivity contribution < 1.29 is 19.1 Å². The number of rotatable bonds is 8. The molecule has 0 aliphatic rings. The summed E-state index contributed by atoms with van der Waals surface area (Å²) in [4.78, 5) is 23.1. The number of esters is 2. The minimum atomic E-state index is -0.318. The molecule has 0 unspecified atom stereocenters. The van der Waals surface area contributed by atoms with Crippen LogP contribution in [0.5, 0.6) is 5.75 Å². The summed E-state index contributed by atoms with van der Waals surface area (Å²) in [6, 6.07) is 5.66. The molecule has 116 valence electrons. The molecule has 21 heavy (non-hydrogen) atoms. The van der Waals surface area contributed by atoms with Gasteiger partial charge in [0, 0.05) is 12.8 Å². The van der Waals surface area contributed by atoms with E-state index in [0.717, 1.165) is 24.0 Å². The van der Waals surface area contributed by atoms with E-state index >= 15 is 0 Å². The molecule has 0 amide bonds. The fourth-order valence-corrected chi connectivity index (χ4v) is 1.95. The van der Waals surface area contributed by atoms with Crippen LogP contribution in [0.3, 0.4) is 0 Å². The molecule has 1 rings (SSSR count). The van der Waals surface area contributed by atoms with Crippen LogP contribution in [-0.2, 0) is 14.3 Å². The molecule has 0 aliphatic carbocycles. The number of carbonyl (C=O) groups excluding carboxylic acids is 2. The molecule has 1 aromatic rings. The van der Waals surface area contributed by atoms with Crippen LogP contribution in [0.1, 0.15) is 50.2 Å². The first-order valence-electron chi connectivity index (χ1n) is 7.46. The molecule has 0 bridgehead atoms. The van der Waals surface area contributed by atoms with Crippen molar-refractivity contribution in [3.8, 4) is 5.75 Å². The minimum Gasteiger partial charge on any atom is -0.466 e. The Morgan fingerprint density at radius 3 is 2.19 bits per heavy atom. The van der Waals surface area contributed by atoms with Crippen molar-refractivity contribution in [3.63, 3.8) is 0 Å². The van der Waals surface area contributed by atoms with E-state index in [4.69, 9.17) is 9.47 Å². The Kier molecular flexibility index (Phi) is 7.51. The number of aryl methyl sites for hydroxylation is 2. The second kappa shape index (κ2) is 9.16. The van der Waals surface area contributed by atoms with Gasteiger partial charge in [-0.05, 0) is 49.9 Å². The first-order valence-corrected chi connectivity index (χ1v) is 7.46. The van der Waals surface area contributed by atoms with Crippen LogP contribution in [-0.4, -0.2) is 18.5 Å². The Balaban J connectivity index is 2.26. The predicted octanol–water partition coefficient (Wildman–Crippen LogP) is 3.72. The van der Waals surface area contributed by atoms with Crippen LogP contribution in [0.2, 0.25) is 0 Å². The van der Waals surface area contributed by atoms with Crippen LogP contribution in [0.15, 0.2) is 18.2 Å². The lowest BCUT2D eigenvalue weighted by Gasteiger charge is -2.07. The SMILES string of the molecule is CCCCOC(=O)CCCC(=O)Oc1cc(C)cc(C)c1. The zero-order valence-corrected chi connectivity index (χ0v) is 13.1. The second-order valence-electron chi connectivity index (χ2n) is 5.23. The summed E-state index contributed by atoms with van der Waals surface area (Å²) in [6.07, 6.45) is 2.80. The Labute approximate surface area is 126 Å². The number of hydrogen-bond donors (Lipinski definition) is 0. The van der Waals surface area contributed by atoms with Gasteiger partial charge in [0.15, 0.2) is 0 Å². The van der Waals surface area contributed by atoms with Crippen LogP contribution < -0.4 is 4.74 Å². The summed E-state index contributed by atoms with van der Waals surface area (Å²) < 4.78 is 10.3. The fourth-order valence-electron chi connectivity index (χ4n) is 1.95. The van der Waals surface area contributed by atoms with E-state index in [0.29, 0.717) is 18.8 Å². The maximum absolute atomic E-state index is 11.7. The molecule has 0 fully saturated rings. The number of ether oxygens (including phenoxy) is 2. The number of carbonyl (C=O) groups is 2. The third-order valence-corrected chi connectivity index (χ3v) is 2.95. The second-order valence-corrected chi connectivity index (χ2v) is 5.23. The van der Waals surface area contributed by atoms with Crippen molar-refractivity contribution in [1.82, 2.24) is 0 Å². The number of hydrogen-bond acceptors (Lipinski definition) is 4. The first-order chi connectivity index (χ1) is 10.0. The van der Waals surface area contributed by atoms with Crippen molar-refractivity contribution >= 4 is 11.9 Å². The van der Waals surface area contributed by atoms with Gasteiger partial charge >= 0.3 is 11.9 Å². The summed E-state index contributed by atoms with van der Waals surface area (Å²) in [7, 11) is 0. The molecule has 0 N–H and O–H groups in total. The van der Waals surface area contributed by atoms with Crippen LogP contribution in [0, 0.1) is 13.8 Å². The highest BCUT2D eigenvalue weighted by Crippen LogP contribution is 2.17. The highest BCUT2D eigenvalue weighted by atomic mass is 16.5. The molecule has 0 saturated heterocycles. The molecule has 0 saturated carbocycles. The van der Waals surface area contributed by atoms with Gasteiger partial charge in [0.25, 0.3) is 0 Å². The minimum absolute atomic E-state index is 0.218. The lowest BCUT2D eigenvalue weighted by molar-refractivity contribution is -0.144. The molecule has 0 aliphatic heterocycles. The summed E-state index contributed by atoms with van der Waals surface area (Å²) in [5.74, 6) is -0.00738. The smallest absolute Gasteiger partial charge is 0.311 e. The van der Waals surface area contributed by atoms with Gasteiger partial charge in [0.2, 0.25) is 0 Å². The molecular weight excluding hydrogens is 268 g/mol. The van der Waals surface area contributed by atoms with Crippen molar-refractivity contribution in [2.75, 3.05) is 6.61 Å². The lowest BCUT2D eigenvalue weighted by Crippen LogP contribution is -2.10. The van der Waals surface area contributed by atoms with Crippen molar-refractivity contribution in [2.24, 2.45) is 0 Å². The maximum Gasteiger partial charge on any atom is 0.311 e. The van der Waals surface area contributed by atoms with E-state index in [1.165, 1.54) is 0 Å². The molecular formula is C17H24O4. The van der Waals surface area contributed by atoms with E-state index in [-0.39, 0.29) is 24.8 Å². The molecule has 0 heterocycles. The summed E-state index contributed by atoms with van der Waals surface area (Å²) in [5.41, 5.74) is 2.11. The number of unbranched alkanes of at least 4 members (excludes halogenated alkanes) is 1. The Morgan fingerprint density at radius 2 is 1.57 bits per heavy atom. The maximum atomic E-state index is 11.7. The third-order valence-electron chi connectivity index (χ3n) is 2.95. The number of benzene rings is 1. The summed E-state index contributed by atoms with van der Waals surface area (Å²) >= 11 is 0. The molecule has 0 spiro atoms. The zero-order valence-electron chi connectivity index (χ0n) is 13.1. The predicted molar refractivity (Wildman–Crippen MR) is 81.3 cm³/mol. The van der Waals surface area contributed by atoms with Gasteiger partial charge in [-0.1, -0.05) is 19.4 Å². The highest BCUT2D eigenvalue weighted by molar-refractivity contribution is 5.74. The third kappa shape index (κ3) is 7.49. The zero-order chi connectivity index (χ0) is 15.7. The molecule has 4 heteroatoms. The van der Waals surface area contributed by atoms with Gasteiger partial charge in [0.1, 0.15) is 5.75 Å². The first kappa shape index (κ1) is 17.2. The van der Waals surface area contributed by atoms with Gasteiger partial charge in [-0.15, -0.1) is 0 Å². The summed E-state index contributed by atoms with van der Waals surface area (Å²) in [6.45, 7) is 6.41. The van der Waals surface area contributed by atoms with E-state index in [1.54, 1.807) is 0 Å². The lowest BCUT2D eigenvalue weighted by atomic mass is 10.1. The van der Waals surface area contributed by atoms with E-state index in [9.17, 15) is 9.59 Å². The highest BCUT2D eigenvalue weighted by Gasteiger charge is 2.08. The van der Waals surface area contributed by atoms with E-state index in [2.05, 4.69) is 0 Å². The fraction of sp³-hybridized carbons (Fsp3) is 0.529. The standard InChI is InChI=1S/C17H24O4/c1-4-5-9-20-16(18)7-6-8-17(19)21-15-11-13(2)10-14(3)12-15/h10-12H,4-9H2,1-3H3. The Hall–Kier alpha value is -1.84. The van der Waals surface area contributed by atoms with Crippen LogP contribution >= 0.6 is 0 Å². The van der Waals surface area contributed by atoms with E-state index < -0.39 is 0 Å².